The summed E-state index contributed by atoms with van der Waals surface area (Å²) in [6.45, 7) is 11.5. The van der Waals surface area contributed by atoms with E-state index < -0.39 is 14.5 Å². The molecule has 2 nitrogen and oxygen atoms in total. The minimum absolute atomic E-state index is 0.120. The first-order valence-electron chi connectivity index (χ1n) is 9.82. The Kier molecular flexibility index (Phi) is 11.1. The number of hydrogen-bond donors (Lipinski definition) is 0. The van der Waals surface area contributed by atoms with Gasteiger partial charge < -0.3 is 8.53 Å². The summed E-state index contributed by atoms with van der Waals surface area (Å²) in [5, 5.41) is 2.58. The van der Waals surface area contributed by atoms with Crippen LogP contribution >= 0.6 is 0 Å². The molecule has 0 aromatic rings. The van der Waals surface area contributed by atoms with Gasteiger partial charge in [0.2, 0.25) is 0 Å². The molecule has 1 rings (SSSR count). The molecule has 0 aliphatic carbocycles. The Morgan fingerprint density at radius 2 is 1.59 bits per heavy atom. The van der Waals surface area contributed by atoms with E-state index in [0.717, 1.165) is 18.3 Å². The van der Waals surface area contributed by atoms with Crippen LogP contribution in [-0.4, -0.2) is 26.9 Å². The van der Waals surface area contributed by atoms with E-state index in [9.17, 15) is 0 Å². The van der Waals surface area contributed by atoms with Crippen molar-refractivity contribution in [2.24, 2.45) is 11.8 Å². The molecule has 0 N–H and O–H groups in total. The van der Waals surface area contributed by atoms with E-state index >= 15 is 0 Å². The molecule has 1 aliphatic rings. The van der Waals surface area contributed by atoms with Crippen LogP contribution in [0.4, 0.5) is 0 Å². The lowest BCUT2D eigenvalue weighted by atomic mass is 10.1. The van der Waals surface area contributed by atoms with Crippen LogP contribution in [-0.2, 0) is 8.53 Å². The van der Waals surface area contributed by atoms with E-state index in [2.05, 4.69) is 34.6 Å². The average Bonchev–Trinajstić information content (AvgIpc) is 2.84. The van der Waals surface area contributed by atoms with Crippen LogP contribution in [0, 0.1) is 11.8 Å². The van der Waals surface area contributed by atoms with Gasteiger partial charge in [-0.3, -0.25) is 0 Å². The molecule has 0 radical (unpaired) electrons. The van der Waals surface area contributed by atoms with Gasteiger partial charge in [-0.15, -0.1) is 0 Å². The van der Waals surface area contributed by atoms with E-state index in [1.807, 2.05) is 0 Å². The van der Waals surface area contributed by atoms with Crippen LogP contribution in [0.25, 0.3) is 0 Å². The zero-order chi connectivity index (χ0) is 16.4. The molecule has 0 spiro atoms. The smallest absolute Gasteiger partial charge is 0.463 e. The molecule has 1 saturated heterocycles. The number of hydrogen-bond acceptors (Lipinski definition) is 2. The molecule has 0 aromatic carbocycles. The summed E-state index contributed by atoms with van der Waals surface area (Å²) in [6.07, 6.45) is 11.0. The third-order valence-electron chi connectivity index (χ3n) is 4.51. The quantitative estimate of drug-likeness (QED) is 0.315. The summed E-state index contributed by atoms with van der Waals surface area (Å²) < 4.78 is 12.6. The van der Waals surface area contributed by atoms with Crippen LogP contribution < -0.4 is 0 Å². The highest BCUT2D eigenvalue weighted by atomic mass is 27.2. The summed E-state index contributed by atoms with van der Waals surface area (Å²) >= 11 is -1.10. The maximum Gasteiger partial charge on any atom is 0.463 e. The van der Waals surface area contributed by atoms with Crippen LogP contribution in [0.5, 0.6) is 0 Å². The zero-order valence-electron chi connectivity index (χ0n) is 15.8. The first kappa shape index (κ1) is 20.5. The summed E-state index contributed by atoms with van der Waals surface area (Å²) in [7, 11) is 0. The second kappa shape index (κ2) is 11.9. The Morgan fingerprint density at radius 3 is 2.18 bits per heavy atom. The standard InChI is InChI=1S/C11H21O2.2C4H9.Al/c1-2-3-4-5-6-7-10-8-9-11(12)13-10;2*1-4(2)3;/h10-11H,2-9H2,1H3;2*4H,1H2,2-3H3;/q-1;;;+1. The average molecular weight is 327 g/mol. The van der Waals surface area contributed by atoms with Crippen molar-refractivity contribution in [1.29, 1.82) is 0 Å². The molecule has 1 heterocycles. The lowest BCUT2D eigenvalue weighted by molar-refractivity contribution is -0.0782. The summed E-state index contributed by atoms with van der Waals surface area (Å²) in [5.41, 5.74) is 0. The fraction of sp³-hybridized carbons (Fsp3) is 1.00. The predicted octanol–water partition coefficient (Wildman–Crippen LogP) is 6.17. The minimum atomic E-state index is -1.10. The van der Waals surface area contributed by atoms with Gasteiger partial charge >= 0.3 is 14.5 Å². The van der Waals surface area contributed by atoms with E-state index in [1.54, 1.807) is 0 Å². The summed E-state index contributed by atoms with van der Waals surface area (Å²) in [6, 6.07) is 0. The Labute approximate surface area is 144 Å². The van der Waals surface area contributed by atoms with Crippen molar-refractivity contribution in [3.8, 4) is 0 Å². The molecular weight excluding hydrogens is 287 g/mol. The van der Waals surface area contributed by atoms with Gasteiger partial charge in [0, 0.05) is 0 Å². The number of rotatable bonds is 12. The number of unbranched alkanes of at least 4 members (excludes halogenated alkanes) is 4. The lowest BCUT2D eigenvalue weighted by Crippen LogP contribution is -2.28. The van der Waals surface area contributed by atoms with Crippen molar-refractivity contribution in [2.45, 2.75) is 109 Å². The van der Waals surface area contributed by atoms with Crippen molar-refractivity contribution in [3.05, 3.63) is 0 Å². The Bertz CT molecular complexity index is 258. The maximum absolute atomic E-state index is 6.42. The fourth-order valence-corrected chi connectivity index (χ4v) is 6.58. The van der Waals surface area contributed by atoms with Gasteiger partial charge in [-0.1, -0.05) is 89.1 Å². The molecule has 0 saturated carbocycles. The van der Waals surface area contributed by atoms with Crippen molar-refractivity contribution < 1.29 is 8.53 Å². The normalized spacial score (nSPS) is 22.0. The second-order valence-electron chi connectivity index (χ2n) is 7.99. The topological polar surface area (TPSA) is 18.5 Å². The SMILES string of the molecule is CCCCCCCC1CCC([O][Al]([CH2]C(C)C)[CH2]C(C)C)O1. The minimum Gasteiger partial charge on any atom is -0.478 e. The van der Waals surface area contributed by atoms with E-state index in [-0.39, 0.29) is 6.29 Å². The van der Waals surface area contributed by atoms with E-state index in [1.165, 1.54) is 55.5 Å². The molecule has 0 amide bonds. The van der Waals surface area contributed by atoms with Crippen LogP contribution in [0.3, 0.4) is 0 Å². The van der Waals surface area contributed by atoms with Gasteiger partial charge in [0.25, 0.3) is 0 Å². The fourth-order valence-electron chi connectivity index (χ4n) is 3.43. The third kappa shape index (κ3) is 9.56. The monoisotopic (exact) mass is 326 g/mol. The maximum atomic E-state index is 6.42. The van der Waals surface area contributed by atoms with Crippen molar-refractivity contribution in [1.82, 2.24) is 0 Å². The molecule has 2 atom stereocenters. The molecule has 3 heteroatoms. The molecular formula is C19H39AlO2. The Hall–Kier alpha value is 0.452. The summed E-state index contributed by atoms with van der Waals surface area (Å²) in [5.74, 6) is 1.51. The van der Waals surface area contributed by atoms with Gasteiger partial charge in [0.15, 0.2) is 0 Å². The highest BCUT2D eigenvalue weighted by Gasteiger charge is 2.31. The third-order valence-corrected chi connectivity index (χ3v) is 8.14. The second-order valence-corrected chi connectivity index (χ2v) is 10.4. The summed E-state index contributed by atoms with van der Waals surface area (Å²) in [4.78, 5) is 0. The lowest BCUT2D eigenvalue weighted by Gasteiger charge is -2.22. The first-order chi connectivity index (χ1) is 10.5. The molecule has 1 fully saturated rings. The Morgan fingerprint density at radius 1 is 0.955 bits per heavy atom. The van der Waals surface area contributed by atoms with Crippen LogP contribution in [0.1, 0.15) is 86.0 Å². The van der Waals surface area contributed by atoms with Gasteiger partial charge in [-0.05, 0) is 19.3 Å². The van der Waals surface area contributed by atoms with Gasteiger partial charge in [0.1, 0.15) is 6.29 Å². The molecule has 0 bridgehead atoms. The zero-order valence-corrected chi connectivity index (χ0v) is 16.9. The highest BCUT2D eigenvalue weighted by Crippen LogP contribution is 2.27. The number of ether oxygens (including phenoxy) is 1. The largest absolute Gasteiger partial charge is 0.478 e. The van der Waals surface area contributed by atoms with Crippen LogP contribution in [0.2, 0.25) is 10.6 Å². The predicted molar refractivity (Wildman–Crippen MR) is 97.4 cm³/mol. The highest BCUT2D eigenvalue weighted by molar-refractivity contribution is 6.52. The van der Waals surface area contributed by atoms with E-state index in [4.69, 9.17) is 8.53 Å². The van der Waals surface area contributed by atoms with Gasteiger partial charge in [-0.25, -0.2) is 0 Å². The van der Waals surface area contributed by atoms with Gasteiger partial charge in [-0.2, -0.15) is 0 Å². The molecule has 2 unspecified atom stereocenters. The molecule has 22 heavy (non-hydrogen) atoms. The van der Waals surface area contributed by atoms with E-state index in [0.29, 0.717) is 6.10 Å². The molecule has 0 aromatic heterocycles. The Balaban J connectivity index is 2.22. The van der Waals surface area contributed by atoms with Crippen molar-refractivity contribution >= 4 is 14.5 Å². The molecule has 1 aliphatic heterocycles. The molecule has 130 valence electrons. The van der Waals surface area contributed by atoms with Crippen LogP contribution in [0.15, 0.2) is 0 Å². The van der Waals surface area contributed by atoms with Crippen molar-refractivity contribution in [2.75, 3.05) is 0 Å². The van der Waals surface area contributed by atoms with Gasteiger partial charge in [0.05, 0.1) is 6.10 Å². The first-order valence-corrected chi connectivity index (χ1v) is 11.9. The van der Waals surface area contributed by atoms with Crippen molar-refractivity contribution in [3.63, 3.8) is 0 Å².